The zero-order valence-corrected chi connectivity index (χ0v) is 15.4. The van der Waals surface area contributed by atoms with Crippen LogP contribution < -0.4 is 5.32 Å². The summed E-state index contributed by atoms with van der Waals surface area (Å²) in [7, 11) is -5.24. The van der Waals surface area contributed by atoms with Gasteiger partial charge in [-0.3, -0.25) is 4.79 Å². The van der Waals surface area contributed by atoms with Gasteiger partial charge in [-0.1, -0.05) is 19.5 Å². The predicted octanol–water partition coefficient (Wildman–Crippen LogP) is 2.81. The van der Waals surface area contributed by atoms with Crippen molar-refractivity contribution in [3.8, 4) is 11.8 Å². The van der Waals surface area contributed by atoms with E-state index in [-0.39, 0.29) is 17.9 Å². The van der Waals surface area contributed by atoms with E-state index in [0.717, 1.165) is 12.8 Å². The molecule has 0 aromatic heterocycles. The summed E-state index contributed by atoms with van der Waals surface area (Å²) in [5.41, 5.74) is 4.39. The minimum Gasteiger partial charge on any atom is -0.404 e. The number of halogens is 2. The van der Waals surface area contributed by atoms with Crippen molar-refractivity contribution < 1.29 is 21.9 Å². The Balaban J connectivity index is 1.71. The molecule has 138 valence electrons. The van der Waals surface area contributed by atoms with Gasteiger partial charge in [0.25, 0.3) is 0 Å². The first kappa shape index (κ1) is 18.7. The molecule has 0 radical (unpaired) electrons. The van der Waals surface area contributed by atoms with Crippen molar-refractivity contribution >= 4 is 23.2 Å². The number of rotatable bonds is 4. The van der Waals surface area contributed by atoms with Crippen LogP contribution in [0.1, 0.15) is 40.0 Å². The summed E-state index contributed by atoms with van der Waals surface area (Å²) in [4.78, 5) is 11.8. The smallest absolute Gasteiger partial charge is 0.404 e. The van der Waals surface area contributed by atoms with Gasteiger partial charge in [0.15, 0.2) is 0 Å². The van der Waals surface area contributed by atoms with E-state index < -0.39 is 40.5 Å². The van der Waals surface area contributed by atoms with Crippen LogP contribution in [-0.2, 0) is 14.1 Å². The van der Waals surface area contributed by atoms with Crippen molar-refractivity contribution in [1.29, 1.82) is 5.26 Å². The molecule has 2 bridgehead atoms. The molecule has 1 saturated heterocycles. The number of hydrogen-bond acceptors (Lipinski definition) is 4. The van der Waals surface area contributed by atoms with Crippen molar-refractivity contribution in [1.82, 2.24) is 5.32 Å². The van der Waals surface area contributed by atoms with E-state index in [4.69, 9.17) is 14.6 Å². The molecule has 3 aliphatic carbocycles. The largest absolute Gasteiger partial charge is 0.482 e. The zero-order valence-electron chi connectivity index (χ0n) is 14.6. The Hall–Kier alpha value is -1.07. The molecule has 4 fully saturated rings. The standard InChI is InChI=1S/C16H23BF2N2O3S/c1-15(2)10-7-11(15)14-16(3,8-10)24-17(23-14)12(5-6-20)21-13(22)9-25(4,18)19/h4,10-12,14H,5,7-9H2,1-3H3,(H,21,22)/t10-,11+,12-,14?,16+/m1/s1. The van der Waals surface area contributed by atoms with Crippen molar-refractivity contribution in [3.05, 3.63) is 0 Å². The van der Waals surface area contributed by atoms with Gasteiger partial charge in [0.1, 0.15) is 16.0 Å². The number of carbonyl (C=O) groups is 1. The molecule has 1 unspecified atom stereocenters. The summed E-state index contributed by atoms with van der Waals surface area (Å²) in [6.07, 6.45) is 1.75. The van der Waals surface area contributed by atoms with Crippen molar-refractivity contribution in [3.63, 3.8) is 0 Å². The number of nitriles is 1. The number of hydrogen-bond donors (Lipinski definition) is 1. The van der Waals surface area contributed by atoms with E-state index in [0.29, 0.717) is 11.8 Å². The molecule has 1 heterocycles. The zero-order chi connectivity index (χ0) is 18.6. The molecule has 0 aromatic carbocycles. The maximum absolute atomic E-state index is 12.9. The molecule has 1 amide bonds. The lowest BCUT2D eigenvalue weighted by Gasteiger charge is -2.63. The topological polar surface area (TPSA) is 71.4 Å². The van der Waals surface area contributed by atoms with Crippen LogP contribution in [0.25, 0.3) is 0 Å². The normalized spacial score (nSPS) is 36.8. The first-order valence-corrected chi connectivity index (χ1v) is 10.1. The average Bonchev–Trinajstić information content (AvgIpc) is 2.81. The van der Waals surface area contributed by atoms with E-state index in [1.165, 1.54) is 0 Å². The summed E-state index contributed by atoms with van der Waals surface area (Å²) in [6.45, 7) is 6.45. The van der Waals surface area contributed by atoms with Crippen molar-refractivity contribution in [2.45, 2.75) is 57.7 Å². The molecular formula is C16H23BF2N2O3S. The molecule has 1 aliphatic heterocycles. The Kier molecular flexibility index (Phi) is 4.48. The molecule has 1 N–H and O–H groups in total. The van der Waals surface area contributed by atoms with E-state index >= 15 is 0 Å². The lowest BCUT2D eigenvalue weighted by molar-refractivity contribution is -0.185. The molecule has 4 rings (SSSR count). The van der Waals surface area contributed by atoms with Gasteiger partial charge in [-0.2, -0.15) is 5.26 Å². The van der Waals surface area contributed by atoms with Crippen LogP contribution in [-0.4, -0.2) is 36.4 Å². The molecule has 25 heavy (non-hydrogen) atoms. The maximum Gasteiger partial charge on any atom is 0.482 e. The second kappa shape index (κ2) is 5.99. The third-order valence-corrected chi connectivity index (χ3v) is 6.79. The third kappa shape index (κ3) is 3.33. The third-order valence-electron chi connectivity index (χ3n) is 6.14. The molecule has 3 saturated carbocycles. The number of carbonyl (C=O) groups excluding carboxylic acids is 1. The first-order chi connectivity index (χ1) is 11.5. The molecule has 4 aliphatic rings. The molecule has 0 spiro atoms. The Morgan fingerprint density at radius 3 is 2.76 bits per heavy atom. The molecule has 0 aromatic rings. The molecular weight excluding hydrogens is 349 g/mol. The van der Waals surface area contributed by atoms with Gasteiger partial charge in [-0.15, -0.1) is 7.77 Å². The quantitative estimate of drug-likeness (QED) is 0.771. The van der Waals surface area contributed by atoms with E-state index in [1.54, 1.807) is 0 Å². The monoisotopic (exact) mass is 372 g/mol. The summed E-state index contributed by atoms with van der Waals surface area (Å²) in [6, 6.07) is 1.96. The molecule has 5 nitrogen and oxygen atoms in total. The van der Waals surface area contributed by atoms with Crippen molar-refractivity contribution in [2.24, 2.45) is 17.3 Å². The van der Waals surface area contributed by atoms with Crippen LogP contribution >= 0.6 is 10.2 Å². The van der Waals surface area contributed by atoms with Crippen LogP contribution in [0.5, 0.6) is 0 Å². The highest BCUT2D eigenvalue weighted by atomic mass is 32.3. The van der Waals surface area contributed by atoms with Gasteiger partial charge < -0.3 is 14.6 Å². The molecule has 5 atom stereocenters. The molecule has 9 heteroatoms. The highest BCUT2D eigenvalue weighted by Gasteiger charge is 2.67. The van der Waals surface area contributed by atoms with Crippen LogP contribution in [0.15, 0.2) is 0 Å². The average molecular weight is 372 g/mol. The van der Waals surface area contributed by atoms with Gasteiger partial charge in [0.05, 0.1) is 30.1 Å². The minimum absolute atomic E-state index is 0.0812. The van der Waals surface area contributed by atoms with Gasteiger partial charge in [0.2, 0.25) is 5.91 Å². The maximum atomic E-state index is 12.9. The second-order valence-electron chi connectivity index (χ2n) is 8.22. The van der Waals surface area contributed by atoms with Crippen LogP contribution in [0.2, 0.25) is 0 Å². The number of nitrogens with one attached hydrogen (secondary N) is 1. The second-order valence-corrected chi connectivity index (χ2v) is 9.75. The van der Waals surface area contributed by atoms with Crippen LogP contribution in [0.4, 0.5) is 7.77 Å². The summed E-state index contributed by atoms with van der Waals surface area (Å²) in [5.74, 6) is -1.82. The van der Waals surface area contributed by atoms with Crippen molar-refractivity contribution in [2.75, 3.05) is 5.75 Å². The summed E-state index contributed by atoms with van der Waals surface area (Å²) >= 11 is 0. The fourth-order valence-electron chi connectivity index (χ4n) is 4.65. The van der Waals surface area contributed by atoms with Gasteiger partial charge >= 0.3 is 7.12 Å². The first-order valence-electron chi connectivity index (χ1n) is 8.44. The highest BCUT2D eigenvalue weighted by Crippen LogP contribution is 2.64. The van der Waals surface area contributed by atoms with Crippen LogP contribution in [0, 0.1) is 34.3 Å². The van der Waals surface area contributed by atoms with E-state index in [2.05, 4.69) is 24.9 Å². The van der Waals surface area contributed by atoms with Gasteiger partial charge in [0, 0.05) is 0 Å². The minimum atomic E-state index is -4.43. The van der Waals surface area contributed by atoms with Gasteiger partial charge in [-0.05, 0) is 37.0 Å². The number of amides is 1. The Morgan fingerprint density at radius 1 is 1.52 bits per heavy atom. The lowest BCUT2D eigenvalue weighted by Crippen LogP contribution is -2.63. The lowest BCUT2D eigenvalue weighted by atomic mass is 9.45. The fraction of sp³-hybridized carbons (Fsp3) is 0.812. The van der Waals surface area contributed by atoms with Crippen LogP contribution in [0.3, 0.4) is 0 Å². The predicted molar refractivity (Wildman–Crippen MR) is 91.9 cm³/mol. The Morgan fingerprint density at radius 2 is 2.20 bits per heavy atom. The Bertz CT molecular complexity index is 722. The highest BCUT2D eigenvalue weighted by molar-refractivity contribution is 8.15. The Labute approximate surface area is 148 Å². The van der Waals surface area contributed by atoms with Gasteiger partial charge in [-0.25, -0.2) is 0 Å². The van der Waals surface area contributed by atoms with E-state index in [1.807, 2.05) is 13.0 Å². The summed E-state index contributed by atoms with van der Waals surface area (Å²) in [5, 5.41) is 11.5. The summed E-state index contributed by atoms with van der Waals surface area (Å²) < 4.78 is 38.0. The SMILES string of the molecule is C#S(F)(F)CC(=O)N[C@H](CC#N)B1OC2[C@@H]3C[C@H](C[C@]2(C)O1)C3(C)C. The number of nitrogens with zero attached hydrogens (tertiary/aromatic N) is 1. The fourth-order valence-corrected chi connectivity index (χ4v) is 5.09. The van der Waals surface area contributed by atoms with E-state index in [9.17, 15) is 12.6 Å².